The van der Waals surface area contributed by atoms with Crippen LogP contribution in [-0.4, -0.2) is 38.9 Å². The van der Waals surface area contributed by atoms with Crippen LogP contribution in [-0.2, 0) is 20.9 Å². The standard InChI is InChI=1S/C25H28O7/c1-25(2,24(27)32-15-7-5-8-15)14-31-21-17(11-12-20(28-3)22(21)29-4)16-9-6-10-18-19(16)13-30-23(18)26/h6,9-12,15H,5,7-8,13-14H2,1-4H3. The number of hydrogen-bond acceptors (Lipinski definition) is 7. The second kappa shape index (κ2) is 8.73. The van der Waals surface area contributed by atoms with Gasteiger partial charge < -0.3 is 23.7 Å². The second-order valence-corrected chi connectivity index (χ2v) is 8.72. The Balaban J connectivity index is 1.69. The molecule has 0 saturated heterocycles. The van der Waals surface area contributed by atoms with E-state index in [0.717, 1.165) is 36.0 Å². The van der Waals surface area contributed by atoms with Crippen molar-refractivity contribution in [1.29, 1.82) is 0 Å². The maximum absolute atomic E-state index is 12.7. The summed E-state index contributed by atoms with van der Waals surface area (Å²) in [5.74, 6) is 0.719. The van der Waals surface area contributed by atoms with E-state index in [0.29, 0.717) is 22.8 Å². The van der Waals surface area contributed by atoms with E-state index in [9.17, 15) is 9.59 Å². The van der Waals surface area contributed by atoms with Crippen molar-refractivity contribution in [3.8, 4) is 28.4 Å². The molecule has 1 heterocycles. The molecular formula is C25H28O7. The van der Waals surface area contributed by atoms with Crippen LogP contribution in [0.3, 0.4) is 0 Å². The predicted octanol–water partition coefficient (Wildman–Crippen LogP) is 4.54. The largest absolute Gasteiger partial charge is 0.493 e. The molecule has 1 aliphatic carbocycles. The van der Waals surface area contributed by atoms with Crippen LogP contribution >= 0.6 is 0 Å². The first-order valence-electron chi connectivity index (χ1n) is 10.7. The SMILES string of the molecule is COc1ccc(-c2cccc3c2COC3=O)c(OCC(C)(C)C(=O)OC2CCC2)c1OC. The Kier molecular flexibility index (Phi) is 6.00. The summed E-state index contributed by atoms with van der Waals surface area (Å²) in [5.41, 5.74) is 1.99. The van der Waals surface area contributed by atoms with Crippen molar-refractivity contribution in [2.24, 2.45) is 5.41 Å². The summed E-state index contributed by atoms with van der Waals surface area (Å²) in [7, 11) is 3.08. The van der Waals surface area contributed by atoms with Crippen molar-refractivity contribution in [1.82, 2.24) is 0 Å². The van der Waals surface area contributed by atoms with Gasteiger partial charge in [0.25, 0.3) is 0 Å². The average Bonchev–Trinajstić information content (AvgIpc) is 3.14. The molecule has 0 radical (unpaired) electrons. The van der Waals surface area contributed by atoms with Gasteiger partial charge in [0.15, 0.2) is 11.5 Å². The molecule has 32 heavy (non-hydrogen) atoms. The molecule has 0 amide bonds. The van der Waals surface area contributed by atoms with Gasteiger partial charge in [-0.1, -0.05) is 12.1 Å². The van der Waals surface area contributed by atoms with Crippen molar-refractivity contribution >= 4 is 11.9 Å². The van der Waals surface area contributed by atoms with Gasteiger partial charge >= 0.3 is 11.9 Å². The zero-order chi connectivity index (χ0) is 22.9. The molecule has 0 aromatic heterocycles. The highest BCUT2D eigenvalue weighted by atomic mass is 16.6. The number of ether oxygens (including phenoxy) is 5. The van der Waals surface area contributed by atoms with E-state index in [4.69, 9.17) is 23.7 Å². The third-order valence-electron chi connectivity index (χ3n) is 5.99. The monoisotopic (exact) mass is 440 g/mol. The number of methoxy groups -OCH3 is 2. The maximum Gasteiger partial charge on any atom is 0.338 e. The highest BCUT2D eigenvalue weighted by Crippen LogP contribution is 2.47. The summed E-state index contributed by atoms with van der Waals surface area (Å²) in [5, 5.41) is 0. The number of fused-ring (bicyclic) bond motifs is 1. The fourth-order valence-corrected chi connectivity index (χ4v) is 3.77. The minimum Gasteiger partial charge on any atom is -0.493 e. The number of carbonyl (C=O) groups excluding carboxylic acids is 2. The van der Waals surface area contributed by atoms with Gasteiger partial charge in [-0.3, -0.25) is 4.79 Å². The van der Waals surface area contributed by atoms with Crippen LogP contribution in [0.5, 0.6) is 17.2 Å². The molecule has 0 bridgehead atoms. The fourth-order valence-electron chi connectivity index (χ4n) is 3.77. The Labute approximate surface area is 187 Å². The molecule has 7 nitrogen and oxygen atoms in total. The van der Waals surface area contributed by atoms with Crippen LogP contribution < -0.4 is 14.2 Å². The van der Waals surface area contributed by atoms with Crippen LogP contribution in [0, 0.1) is 5.41 Å². The summed E-state index contributed by atoms with van der Waals surface area (Å²) >= 11 is 0. The Morgan fingerprint density at radius 3 is 2.44 bits per heavy atom. The van der Waals surface area contributed by atoms with Crippen LogP contribution in [0.2, 0.25) is 0 Å². The summed E-state index contributed by atoms with van der Waals surface area (Å²) < 4.78 is 28.1. The van der Waals surface area contributed by atoms with Crippen LogP contribution in [0.4, 0.5) is 0 Å². The van der Waals surface area contributed by atoms with E-state index in [1.807, 2.05) is 12.1 Å². The van der Waals surface area contributed by atoms with E-state index >= 15 is 0 Å². The molecule has 1 saturated carbocycles. The first-order valence-corrected chi connectivity index (χ1v) is 10.7. The minimum absolute atomic E-state index is 0.00753. The third-order valence-corrected chi connectivity index (χ3v) is 5.99. The Hall–Kier alpha value is -3.22. The Morgan fingerprint density at radius 1 is 1.03 bits per heavy atom. The number of rotatable bonds is 8. The van der Waals surface area contributed by atoms with Gasteiger partial charge in [-0.05, 0) is 56.9 Å². The summed E-state index contributed by atoms with van der Waals surface area (Å²) in [6.45, 7) is 3.87. The molecule has 0 atom stereocenters. The molecule has 2 aliphatic rings. The molecular weight excluding hydrogens is 412 g/mol. The number of cyclic esters (lactones) is 1. The zero-order valence-corrected chi connectivity index (χ0v) is 18.9. The van der Waals surface area contributed by atoms with E-state index in [1.54, 1.807) is 39.2 Å². The lowest BCUT2D eigenvalue weighted by Crippen LogP contribution is -2.37. The number of hydrogen-bond donors (Lipinski definition) is 0. The lowest BCUT2D eigenvalue weighted by molar-refractivity contribution is -0.165. The number of carbonyl (C=O) groups is 2. The van der Waals surface area contributed by atoms with Gasteiger partial charge in [0.1, 0.15) is 19.3 Å². The number of benzene rings is 2. The molecule has 1 aliphatic heterocycles. The van der Waals surface area contributed by atoms with E-state index < -0.39 is 5.41 Å². The molecule has 0 N–H and O–H groups in total. The van der Waals surface area contributed by atoms with E-state index in [1.165, 1.54) is 7.11 Å². The van der Waals surface area contributed by atoms with Crippen LogP contribution in [0.15, 0.2) is 30.3 Å². The minimum atomic E-state index is -0.862. The smallest absolute Gasteiger partial charge is 0.338 e. The van der Waals surface area contributed by atoms with Crippen molar-refractivity contribution in [3.63, 3.8) is 0 Å². The van der Waals surface area contributed by atoms with Crippen molar-refractivity contribution in [3.05, 3.63) is 41.5 Å². The molecule has 4 rings (SSSR count). The molecule has 7 heteroatoms. The highest BCUT2D eigenvalue weighted by molar-refractivity contribution is 5.96. The molecule has 0 spiro atoms. The predicted molar refractivity (Wildman–Crippen MR) is 117 cm³/mol. The van der Waals surface area contributed by atoms with Gasteiger partial charge in [-0.15, -0.1) is 0 Å². The molecule has 1 fully saturated rings. The zero-order valence-electron chi connectivity index (χ0n) is 18.9. The lowest BCUT2D eigenvalue weighted by atomic mass is 9.92. The Morgan fingerprint density at radius 2 is 1.78 bits per heavy atom. The van der Waals surface area contributed by atoms with Crippen molar-refractivity contribution in [2.45, 2.75) is 45.8 Å². The molecule has 0 unspecified atom stereocenters. The topological polar surface area (TPSA) is 80.3 Å². The van der Waals surface area contributed by atoms with Gasteiger partial charge in [0, 0.05) is 11.1 Å². The first-order chi connectivity index (χ1) is 15.4. The summed E-state index contributed by atoms with van der Waals surface area (Å²) in [4.78, 5) is 24.8. The quantitative estimate of drug-likeness (QED) is 0.558. The third kappa shape index (κ3) is 3.99. The van der Waals surface area contributed by atoms with Crippen molar-refractivity contribution in [2.75, 3.05) is 20.8 Å². The average molecular weight is 440 g/mol. The molecule has 2 aromatic carbocycles. The second-order valence-electron chi connectivity index (χ2n) is 8.72. The maximum atomic E-state index is 12.7. The van der Waals surface area contributed by atoms with Gasteiger partial charge in [0.05, 0.1) is 25.2 Å². The van der Waals surface area contributed by atoms with Gasteiger partial charge in [-0.25, -0.2) is 4.79 Å². The van der Waals surface area contributed by atoms with Gasteiger partial charge in [0.2, 0.25) is 5.75 Å². The Bertz CT molecular complexity index is 1040. The van der Waals surface area contributed by atoms with Crippen LogP contribution in [0.1, 0.15) is 49.0 Å². The number of esters is 2. The lowest BCUT2D eigenvalue weighted by Gasteiger charge is -2.30. The van der Waals surface area contributed by atoms with Crippen molar-refractivity contribution < 1.29 is 33.3 Å². The van der Waals surface area contributed by atoms with E-state index in [-0.39, 0.29) is 31.3 Å². The first kappa shape index (κ1) is 22.0. The van der Waals surface area contributed by atoms with E-state index in [2.05, 4.69) is 0 Å². The molecule has 170 valence electrons. The highest BCUT2D eigenvalue weighted by Gasteiger charge is 2.35. The normalized spacial score (nSPS) is 15.4. The fraction of sp³-hybridized carbons (Fsp3) is 0.440. The summed E-state index contributed by atoms with van der Waals surface area (Å²) in [6, 6.07) is 9.10. The summed E-state index contributed by atoms with van der Waals surface area (Å²) in [6.07, 6.45) is 2.92. The van der Waals surface area contributed by atoms with Gasteiger partial charge in [-0.2, -0.15) is 0 Å². The van der Waals surface area contributed by atoms with Crippen LogP contribution in [0.25, 0.3) is 11.1 Å². The molecule has 2 aromatic rings.